The molecule has 2 amide bonds. The number of amides is 2. The summed E-state index contributed by atoms with van der Waals surface area (Å²) in [5.41, 5.74) is 2.46. The Morgan fingerprint density at radius 2 is 1.78 bits per heavy atom. The standard InChI is InChI=1S/C17H18N4O2/c1-11(2)21-14-10-6-9-13(15(14)20-17(21)23)19-16(22)18-12-7-4-3-5-8-12/h3-11H,1-2H3,(H,20,23)(H2,18,19,22). The first-order valence-electron chi connectivity index (χ1n) is 7.42. The summed E-state index contributed by atoms with van der Waals surface area (Å²) in [5, 5.41) is 5.53. The Morgan fingerprint density at radius 3 is 2.48 bits per heavy atom. The molecule has 0 aliphatic rings. The van der Waals surface area contributed by atoms with E-state index in [1.807, 2.05) is 44.2 Å². The second-order valence-electron chi connectivity index (χ2n) is 5.54. The van der Waals surface area contributed by atoms with E-state index in [0.29, 0.717) is 16.9 Å². The summed E-state index contributed by atoms with van der Waals surface area (Å²) in [7, 11) is 0. The van der Waals surface area contributed by atoms with Crippen molar-refractivity contribution in [2.24, 2.45) is 0 Å². The molecule has 0 saturated carbocycles. The molecular weight excluding hydrogens is 292 g/mol. The van der Waals surface area contributed by atoms with Crippen molar-refractivity contribution < 1.29 is 4.79 Å². The van der Waals surface area contributed by atoms with Crippen molar-refractivity contribution in [1.29, 1.82) is 0 Å². The van der Waals surface area contributed by atoms with E-state index in [2.05, 4.69) is 15.6 Å². The molecule has 0 unspecified atom stereocenters. The normalized spacial score (nSPS) is 10.9. The SMILES string of the molecule is CC(C)n1c(=O)[nH]c2c(NC(=O)Nc3ccccc3)cccc21. The molecule has 3 N–H and O–H groups in total. The van der Waals surface area contributed by atoms with E-state index in [1.165, 1.54) is 0 Å². The maximum atomic E-state index is 12.1. The highest BCUT2D eigenvalue weighted by atomic mass is 16.2. The molecule has 0 aliphatic carbocycles. The molecule has 0 bridgehead atoms. The predicted molar refractivity (Wildman–Crippen MR) is 92.0 cm³/mol. The summed E-state index contributed by atoms with van der Waals surface area (Å²) in [6, 6.07) is 14.3. The van der Waals surface area contributed by atoms with Crippen LogP contribution in [0.4, 0.5) is 16.2 Å². The lowest BCUT2D eigenvalue weighted by Gasteiger charge is -2.10. The predicted octanol–water partition coefficient (Wildman–Crippen LogP) is 3.55. The first-order valence-corrected chi connectivity index (χ1v) is 7.42. The van der Waals surface area contributed by atoms with E-state index >= 15 is 0 Å². The fraction of sp³-hybridized carbons (Fsp3) is 0.176. The molecule has 0 radical (unpaired) electrons. The van der Waals surface area contributed by atoms with Crippen LogP contribution < -0.4 is 16.3 Å². The maximum Gasteiger partial charge on any atom is 0.326 e. The van der Waals surface area contributed by atoms with Crippen LogP contribution in [-0.2, 0) is 0 Å². The molecule has 6 heteroatoms. The second-order valence-corrected chi connectivity index (χ2v) is 5.54. The van der Waals surface area contributed by atoms with Gasteiger partial charge in [-0.05, 0) is 38.1 Å². The van der Waals surface area contributed by atoms with Gasteiger partial charge in [-0.3, -0.25) is 4.57 Å². The minimum Gasteiger partial charge on any atom is -0.308 e. The molecule has 0 atom stereocenters. The van der Waals surface area contributed by atoms with Gasteiger partial charge in [0.2, 0.25) is 0 Å². The van der Waals surface area contributed by atoms with E-state index in [-0.39, 0.29) is 17.8 Å². The first-order chi connectivity index (χ1) is 11.1. The Kier molecular flexibility index (Phi) is 3.89. The number of nitrogens with zero attached hydrogens (tertiary/aromatic N) is 1. The Morgan fingerprint density at radius 1 is 1.04 bits per heavy atom. The summed E-state index contributed by atoms with van der Waals surface area (Å²) < 4.78 is 1.66. The highest BCUT2D eigenvalue weighted by Gasteiger charge is 2.13. The zero-order valence-electron chi connectivity index (χ0n) is 13.0. The maximum absolute atomic E-state index is 12.1. The molecule has 3 rings (SSSR count). The van der Waals surface area contributed by atoms with E-state index < -0.39 is 0 Å². The van der Waals surface area contributed by atoms with Crippen LogP contribution in [0.2, 0.25) is 0 Å². The van der Waals surface area contributed by atoms with Crippen LogP contribution in [-0.4, -0.2) is 15.6 Å². The Hall–Kier alpha value is -3.02. The Balaban J connectivity index is 1.90. The number of anilines is 2. The lowest BCUT2D eigenvalue weighted by molar-refractivity contribution is 0.262. The summed E-state index contributed by atoms with van der Waals surface area (Å²) >= 11 is 0. The number of rotatable bonds is 3. The Labute approximate surface area is 133 Å². The van der Waals surface area contributed by atoms with Gasteiger partial charge in [0, 0.05) is 11.7 Å². The van der Waals surface area contributed by atoms with Crippen LogP contribution in [0, 0.1) is 0 Å². The van der Waals surface area contributed by atoms with Gasteiger partial charge in [-0.2, -0.15) is 0 Å². The van der Waals surface area contributed by atoms with Gasteiger partial charge in [0.15, 0.2) is 0 Å². The average Bonchev–Trinajstić information content (AvgIpc) is 2.85. The number of fused-ring (bicyclic) bond motifs is 1. The summed E-state index contributed by atoms with van der Waals surface area (Å²) in [4.78, 5) is 27.0. The lowest BCUT2D eigenvalue weighted by Crippen LogP contribution is -2.19. The van der Waals surface area contributed by atoms with Crippen molar-refractivity contribution in [1.82, 2.24) is 9.55 Å². The molecule has 118 valence electrons. The molecule has 23 heavy (non-hydrogen) atoms. The zero-order valence-corrected chi connectivity index (χ0v) is 13.0. The van der Waals surface area contributed by atoms with Crippen molar-refractivity contribution in [2.75, 3.05) is 10.6 Å². The van der Waals surface area contributed by atoms with E-state index in [4.69, 9.17) is 0 Å². The number of H-pyrrole nitrogens is 1. The van der Waals surface area contributed by atoms with Gasteiger partial charge in [-0.25, -0.2) is 9.59 Å². The zero-order chi connectivity index (χ0) is 16.4. The van der Waals surface area contributed by atoms with Crippen LogP contribution in [0.3, 0.4) is 0 Å². The van der Waals surface area contributed by atoms with Crippen LogP contribution in [0.25, 0.3) is 11.0 Å². The molecule has 0 aliphatic heterocycles. The number of aromatic amines is 1. The number of para-hydroxylation sites is 2. The number of urea groups is 1. The van der Waals surface area contributed by atoms with Gasteiger partial charge in [-0.1, -0.05) is 24.3 Å². The smallest absolute Gasteiger partial charge is 0.308 e. The van der Waals surface area contributed by atoms with Gasteiger partial charge in [0.1, 0.15) is 0 Å². The fourth-order valence-electron chi connectivity index (χ4n) is 2.57. The number of carbonyl (C=O) groups excluding carboxylic acids is 1. The monoisotopic (exact) mass is 310 g/mol. The molecule has 2 aromatic carbocycles. The largest absolute Gasteiger partial charge is 0.326 e. The summed E-state index contributed by atoms with van der Waals surface area (Å²) in [6.45, 7) is 3.88. The molecule has 0 fully saturated rings. The third-order valence-corrected chi connectivity index (χ3v) is 3.55. The molecular formula is C17H18N4O2. The average molecular weight is 310 g/mol. The third-order valence-electron chi connectivity index (χ3n) is 3.55. The fourth-order valence-corrected chi connectivity index (χ4v) is 2.57. The van der Waals surface area contributed by atoms with Crippen LogP contribution in [0.15, 0.2) is 53.3 Å². The lowest BCUT2D eigenvalue weighted by atomic mass is 10.2. The second kappa shape index (κ2) is 6.00. The van der Waals surface area contributed by atoms with Crippen molar-refractivity contribution >= 4 is 28.4 Å². The molecule has 1 aromatic heterocycles. The minimum absolute atomic E-state index is 0.0321. The highest BCUT2D eigenvalue weighted by Crippen LogP contribution is 2.22. The number of hydrogen-bond donors (Lipinski definition) is 3. The number of benzene rings is 2. The third kappa shape index (κ3) is 2.96. The van der Waals surface area contributed by atoms with Crippen LogP contribution in [0.1, 0.15) is 19.9 Å². The first kappa shape index (κ1) is 14.9. The van der Waals surface area contributed by atoms with Gasteiger partial charge < -0.3 is 15.6 Å². The van der Waals surface area contributed by atoms with Gasteiger partial charge in [-0.15, -0.1) is 0 Å². The van der Waals surface area contributed by atoms with Gasteiger partial charge >= 0.3 is 11.7 Å². The molecule has 3 aromatic rings. The number of carbonyl (C=O) groups is 1. The Bertz CT molecular complexity index is 894. The van der Waals surface area contributed by atoms with E-state index in [9.17, 15) is 9.59 Å². The van der Waals surface area contributed by atoms with Crippen molar-refractivity contribution in [3.8, 4) is 0 Å². The summed E-state index contributed by atoms with van der Waals surface area (Å²) in [6.07, 6.45) is 0. The molecule has 1 heterocycles. The van der Waals surface area contributed by atoms with Crippen LogP contribution in [0.5, 0.6) is 0 Å². The number of hydrogen-bond acceptors (Lipinski definition) is 2. The van der Waals surface area contributed by atoms with E-state index in [0.717, 1.165) is 5.52 Å². The number of imidazole rings is 1. The quantitative estimate of drug-likeness (QED) is 0.691. The topological polar surface area (TPSA) is 78.9 Å². The summed E-state index contributed by atoms with van der Waals surface area (Å²) in [5.74, 6) is 0. The number of aromatic nitrogens is 2. The van der Waals surface area contributed by atoms with E-state index in [1.54, 1.807) is 22.8 Å². The van der Waals surface area contributed by atoms with Crippen molar-refractivity contribution in [3.05, 3.63) is 59.0 Å². The van der Waals surface area contributed by atoms with Crippen LogP contribution >= 0.6 is 0 Å². The minimum atomic E-state index is -0.359. The molecule has 0 saturated heterocycles. The van der Waals surface area contributed by atoms with Crippen molar-refractivity contribution in [3.63, 3.8) is 0 Å². The molecule has 6 nitrogen and oxygen atoms in total. The van der Waals surface area contributed by atoms with Gasteiger partial charge in [0.25, 0.3) is 0 Å². The number of nitrogens with one attached hydrogen (secondary N) is 3. The van der Waals surface area contributed by atoms with Gasteiger partial charge in [0.05, 0.1) is 16.7 Å². The van der Waals surface area contributed by atoms with Crippen molar-refractivity contribution in [2.45, 2.75) is 19.9 Å². The molecule has 0 spiro atoms. The highest BCUT2D eigenvalue weighted by molar-refractivity contribution is 6.04.